The van der Waals surface area contributed by atoms with Gasteiger partial charge >= 0.3 is 5.97 Å². The fourth-order valence-corrected chi connectivity index (χ4v) is 2.73. The van der Waals surface area contributed by atoms with Crippen LogP contribution in [0.4, 0.5) is 0 Å². The normalized spacial score (nSPS) is 26.7. The molecule has 15 heavy (non-hydrogen) atoms. The van der Waals surface area contributed by atoms with Crippen molar-refractivity contribution in [2.45, 2.75) is 31.7 Å². The van der Waals surface area contributed by atoms with Crippen molar-refractivity contribution in [1.29, 1.82) is 0 Å². The molecule has 0 aromatic heterocycles. The predicted molar refractivity (Wildman–Crippen MR) is 56.5 cm³/mol. The highest BCUT2D eigenvalue weighted by molar-refractivity contribution is 7.91. The number of nitrogens with one attached hydrogen (secondary N) is 1. The quantitative estimate of drug-likeness (QED) is 0.701. The molecule has 0 aromatic carbocycles. The van der Waals surface area contributed by atoms with E-state index in [1.165, 1.54) is 0 Å². The Labute approximate surface area is 89.8 Å². The minimum Gasteiger partial charge on any atom is -0.480 e. The van der Waals surface area contributed by atoms with Crippen LogP contribution >= 0.6 is 0 Å². The Kier molecular flexibility index (Phi) is 3.72. The summed E-state index contributed by atoms with van der Waals surface area (Å²) in [6.45, 7) is 2.23. The van der Waals surface area contributed by atoms with E-state index < -0.39 is 21.3 Å². The van der Waals surface area contributed by atoms with Crippen molar-refractivity contribution < 1.29 is 18.3 Å². The van der Waals surface area contributed by atoms with Gasteiger partial charge in [-0.3, -0.25) is 4.79 Å². The van der Waals surface area contributed by atoms with Gasteiger partial charge in [-0.1, -0.05) is 6.92 Å². The number of hydrogen-bond acceptors (Lipinski definition) is 4. The first-order valence-corrected chi connectivity index (χ1v) is 6.93. The van der Waals surface area contributed by atoms with Crippen LogP contribution in [0.15, 0.2) is 0 Å². The Morgan fingerprint density at radius 2 is 2.20 bits per heavy atom. The first-order chi connectivity index (χ1) is 6.92. The lowest BCUT2D eigenvalue weighted by atomic mass is 9.95. The molecule has 1 atom stereocenters. The van der Waals surface area contributed by atoms with Gasteiger partial charge in [0.25, 0.3) is 0 Å². The van der Waals surface area contributed by atoms with Gasteiger partial charge in [-0.05, 0) is 25.8 Å². The van der Waals surface area contributed by atoms with Crippen LogP contribution in [0, 0.1) is 0 Å². The summed E-state index contributed by atoms with van der Waals surface area (Å²) in [5, 5.41) is 12.0. The lowest BCUT2D eigenvalue weighted by Crippen LogP contribution is -2.48. The Morgan fingerprint density at radius 3 is 2.60 bits per heavy atom. The SMILES string of the molecule is CCS(=O)(=O)CCC1(C(=O)O)CCCN1. The van der Waals surface area contributed by atoms with Crippen molar-refractivity contribution in [3.63, 3.8) is 0 Å². The van der Waals surface area contributed by atoms with E-state index in [0.717, 1.165) is 6.42 Å². The van der Waals surface area contributed by atoms with E-state index in [1.54, 1.807) is 6.92 Å². The van der Waals surface area contributed by atoms with E-state index in [2.05, 4.69) is 5.32 Å². The van der Waals surface area contributed by atoms with E-state index in [0.29, 0.717) is 13.0 Å². The van der Waals surface area contributed by atoms with Gasteiger partial charge in [0.15, 0.2) is 0 Å². The summed E-state index contributed by atoms with van der Waals surface area (Å²) in [6, 6.07) is 0. The second-order valence-corrected chi connectivity index (χ2v) is 6.38. The van der Waals surface area contributed by atoms with E-state index in [4.69, 9.17) is 5.11 Å². The number of sulfone groups is 1. The maximum atomic E-state index is 11.3. The van der Waals surface area contributed by atoms with Gasteiger partial charge < -0.3 is 10.4 Å². The standard InChI is InChI=1S/C9H17NO4S/c1-2-15(13,14)7-5-9(8(11)12)4-3-6-10-9/h10H,2-7H2,1H3,(H,11,12). The van der Waals surface area contributed by atoms with Gasteiger partial charge in [-0.15, -0.1) is 0 Å². The summed E-state index contributed by atoms with van der Waals surface area (Å²) in [6.07, 6.45) is 1.47. The smallest absolute Gasteiger partial charge is 0.323 e. The van der Waals surface area contributed by atoms with Crippen molar-refractivity contribution in [1.82, 2.24) is 5.32 Å². The van der Waals surface area contributed by atoms with Crippen LogP contribution in [-0.2, 0) is 14.6 Å². The lowest BCUT2D eigenvalue weighted by molar-refractivity contribution is -0.144. The fraction of sp³-hybridized carbons (Fsp3) is 0.889. The first-order valence-electron chi connectivity index (χ1n) is 5.11. The Hall–Kier alpha value is -0.620. The number of carboxylic acids is 1. The van der Waals surface area contributed by atoms with Crippen LogP contribution in [0.2, 0.25) is 0 Å². The topological polar surface area (TPSA) is 83.5 Å². The largest absolute Gasteiger partial charge is 0.480 e. The second-order valence-electron chi connectivity index (χ2n) is 3.90. The highest BCUT2D eigenvalue weighted by Crippen LogP contribution is 2.24. The maximum Gasteiger partial charge on any atom is 0.323 e. The predicted octanol–water partition coefficient (Wildman–Crippen LogP) is 0.0180. The molecule has 0 aromatic rings. The molecule has 2 N–H and O–H groups in total. The molecule has 1 fully saturated rings. The van der Waals surface area contributed by atoms with Gasteiger partial charge in [0.1, 0.15) is 15.4 Å². The molecule has 0 aliphatic carbocycles. The molecule has 1 rings (SSSR count). The van der Waals surface area contributed by atoms with Crippen molar-refractivity contribution in [3.8, 4) is 0 Å². The minimum absolute atomic E-state index is 0.0528. The summed E-state index contributed by atoms with van der Waals surface area (Å²) in [5.74, 6) is -0.919. The Balaban J connectivity index is 2.65. The first kappa shape index (κ1) is 12.4. The highest BCUT2D eigenvalue weighted by Gasteiger charge is 2.41. The molecule has 5 nitrogen and oxygen atoms in total. The van der Waals surface area contributed by atoms with E-state index in [1.807, 2.05) is 0 Å². The zero-order chi connectivity index (χ0) is 11.5. The maximum absolute atomic E-state index is 11.3. The van der Waals surface area contributed by atoms with Crippen molar-refractivity contribution >= 4 is 15.8 Å². The molecule has 1 saturated heterocycles. The van der Waals surface area contributed by atoms with Gasteiger partial charge in [0.2, 0.25) is 0 Å². The molecule has 1 aliphatic heterocycles. The van der Waals surface area contributed by atoms with Crippen LogP contribution in [-0.4, -0.2) is 43.1 Å². The van der Waals surface area contributed by atoms with Crippen LogP contribution in [0.3, 0.4) is 0 Å². The monoisotopic (exact) mass is 235 g/mol. The minimum atomic E-state index is -3.08. The Morgan fingerprint density at radius 1 is 1.53 bits per heavy atom. The zero-order valence-corrected chi connectivity index (χ0v) is 9.64. The van der Waals surface area contributed by atoms with Crippen molar-refractivity contribution in [2.75, 3.05) is 18.1 Å². The number of aliphatic carboxylic acids is 1. The molecule has 1 unspecified atom stereocenters. The van der Waals surface area contributed by atoms with Gasteiger partial charge in [-0.25, -0.2) is 8.42 Å². The number of carboxylic acid groups (broad SMARTS) is 1. The van der Waals surface area contributed by atoms with Gasteiger partial charge in [-0.2, -0.15) is 0 Å². The molecule has 0 radical (unpaired) electrons. The van der Waals surface area contributed by atoms with Crippen LogP contribution in [0.5, 0.6) is 0 Å². The molecular formula is C9H17NO4S. The molecule has 88 valence electrons. The summed E-state index contributed by atoms with van der Waals surface area (Å²) >= 11 is 0. The third-order valence-corrected chi connectivity index (χ3v) is 4.64. The molecule has 1 heterocycles. The number of carbonyl (C=O) groups is 1. The average molecular weight is 235 g/mol. The third-order valence-electron chi connectivity index (χ3n) is 2.93. The second kappa shape index (κ2) is 4.49. The number of rotatable bonds is 5. The van der Waals surface area contributed by atoms with Crippen LogP contribution in [0.25, 0.3) is 0 Å². The Bertz CT molecular complexity index is 330. The van der Waals surface area contributed by atoms with Crippen LogP contribution in [0.1, 0.15) is 26.2 Å². The van der Waals surface area contributed by atoms with Gasteiger partial charge in [0.05, 0.1) is 5.75 Å². The number of hydrogen-bond donors (Lipinski definition) is 2. The molecule has 0 amide bonds. The fourth-order valence-electron chi connectivity index (χ4n) is 1.78. The summed E-state index contributed by atoms with van der Waals surface area (Å²) in [4.78, 5) is 11.1. The molecule has 0 saturated carbocycles. The average Bonchev–Trinajstić information content (AvgIpc) is 2.65. The van der Waals surface area contributed by atoms with Gasteiger partial charge in [0, 0.05) is 5.75 Å². The molecule has 0 spiro atoms. The van der Waals surface area contributed by atoms with E-state index in [-0.39, 0.29) is 17.9 Å². The zero-order valence-electron chi connectivity index (χ0n) is 8.82. The summed E-state index contributed by atoms with van der Waals surface area (Å²) in [5.41, 5.74) is -1.01. The van der Waals surface area contributed by atoms with E-state index >= 15 is 0 Å². The highest BCUT2D eigenvalue weighted by atomic mass is 32.2. The van der Waals surface area contributed by atoms with Crippen LogP contribution < -0.4 is 5.32 Å². The lowest BCUT2D eigenvalue weighted by Gasteiger charge is -2.23. The summed E-state index contributed by atoms with van der Waals surface area (Å²) in [7, 11) is -3.08. The molecular weight excluding hydrogens is 218 g/mol. The van der Waals surface area contributed by atoms with Crippen molar-refractivity contribution in [2.24, 2.45) is 0 Å². The molecule has 6 heteroatoms. The molecule has 0 bridgehead atoms. The van der Waals surface area contributed by atoms with E-state index in [9.17, 15) is 13.2 Å². The summed E-state index contributed by atoms with van der Waals surface area (Å²) < 4.78 is 22.6. The van der Waals surface area contributed by atoms with Crippen molar-refractivity contribution in [3.05, 3.63) is 0 Å². The molecule has 1 aliphatic rings. The third kappa shape index (κ3) is 2.92.